The molecule has 0 spiro atoms. The number of aromatic hydroxyl groups is 1. The van der Waals surface area contributed by atoms with Gasteiger partial charge in [0.15, 0.2) is 5.82 Å². The molecule has 0 saturated heterocycles. The predicted octanol–water partition coefficient (Wildman–Crippen LogP) is 3.02. The Hall–Kier alpha value is -1.84. The van der Waals surface area contributed by atoms with Gasteiger partial charge in [-0.3, -0.25) is 0 Å². The molecule has 18 heavy (non-hydrogen) atoms. The SMILES string of the molecule is Oc1ccccc1Cc1nc(C2CCCC2)no1. The zero-order valence-corrected chi connectivity index (χ0v) is 10.2. The first-order valence-corrected chi connectivity index (χ1v) is 6.42. The largest absolute Gasteiger partial charge is 0.508 e. The standard InChI is InChI=1S/C14H16N2O2/c17-12-8-4-3-7-11(12)9-13-15-14(16-18-13)10-5-1-2-6-10/h3-4,7-8,10,17H,1-2,5-6,9H2. The molecule has 1 fully saturated rings. The summed E-state index contributed by atoms with van der Waals surface area (Å²) in [5.41, 5.74) is 0.819. The zero-order valence-electron chi connectivity index (χ0n) is 10.2. The zero-order chi connectivity index (χ0) is 12.4. The van der Waals surface area contributed by atoms with Crippen LogP contribution in [0.2, 0.25) is 0 Å². The molecule has 0 unspecified atom stereocenters. The molecule has 1 aliphatic carbocycles. The molecule has 0 bridgehead atoms. The maximum Gasteiger partial charge on any atom is 0.231 e. The summed E-state index contributed by atoms with van der Waals surface area (Å²) in [6.07, 6.45) is 5.33. The van der Waals surface area contributed by atoms with E-state index >= 15 is 0 Å². The first kappa shape index (κ1) is 11.3. The van der Waals surface area contributed by atoms with Gasteiger partial charge < -0.3 is 9.63 Å². The Morgan fingerprint density at radius 3 is 2.78 bits per heavy atom. The van der Waals surface area contributed by atoms with Gasteiger partial charge in [0.2, 0.25) is 5.89 Å². The Kier molecular flexibility index (Phi) is 3.00. The molecule has 4 heteroatoms. The third-order valence-electron chi connectivity index (χ3n) is 3.54. The summed E-state index contributed by atoms with van der Waals surface area (Å²) in [6.45, 7) is 0. The fourth-order valence-electron chi connectivity index (χ4n) is 2.51. The van der Waals surface area contributed by atoms with Crippen LogP contribution in [0.5, 0.6) is 5.75 Å². The second-order valence-corrected chi connectivity index (χ2v) is 4.83. The van der Waals surface area contributed by atoms with Crippen LogP contribution in [0.25, 0.3) is 0 Å². The predicted molar refractivity (Wildman–Crippen MR) is 66.4 cm³/mol. The van der Waals surface area contributed by atoms with Gasteiger partial charge in [0, 0.05) is 11.5 Å². The quantitative estimate of drug-likeness (QED) is 0.901. The van der Waals surface area contributed by atoms with Gasteiger partial charge in [-0.05, 0) is 18.9 Å². The first-order valence-electron chi connectivity index (χ1n) is 6.42. The lowest BCUT2D eigenvalue weighted by molar-refractivity contribution is 0.373. The van der Waals surface area contributed by atoms with E-state index in [1.54, 1.807) is 12.1 Å². The first-order chi connectivity index (χ1) is 8.83. The molecule has 1 aliphatic rings. The highest BCUT2D eigenvalue weighted by atomic mass is 16.5. The van der Waals surface area contributed by atoms with E-state index in [2.05, 4.69) is 10.1 Å². The molecule has 1 N–H and O–H groups in total. The monoisotopic (exact) mass is 244 g/mol. The Labute approximate surface area is 106 Å². The lowest BCUT2D eigenvalue weighted by atomic mass is 10.1. The van der Waals surface area contributed by atoms with E-state index in [1.807, 2.05) is 12.1 Å². The molecule has 0 amide bonds. The average molecular weight is 244 g/mol. The van der Waals surface area contributed by atoms with Crippen LogP contribution in [0.15, 0.2) is 28.8 Å². The maximum atomic E-state index is 9.70. The van der Waals surface area contributed by atoms with Gasteiger partial charge in [0.1, 0.15) is 5.75 Å². The number of para-hydroxylation sites is 1. The minimum atomic E-state index is 0.276. The van der Waals surface area contributed by atoms with Crippen molar-refractivity contribution in [3.63, 3.8) is 0 Å². The molecule has 1 heterocycles. The lowest BCUT2D eigenvalue weighted by Gasteiger charge is -2.00. The molecular formula is C14H16N2O2. The van der Waals surface area contributed by atoms with Crippen molar-refractivity contribution in [1.29, 1.82) is 0 Å². The van der Waals surface area contributed by atoms with Gasteiger partial charge in [-0.15, -0.1) is 0 Å². The summed E-state index contributed by atoms with van der Waals surface area (Å²) in [5.74, 6) is 2.15. The van der Waals surface area contributed by atoms with Crippen molar-refractivity contribution in [3.8, 4) is 5.75 Å². The molecule has 1 aromatic carbocycles. The minimum Gasteiger partial charge on any atom is -0.508 e. The van der Waals surface area contributed by atoms with Crippen LogP contribution in [-0.4, -0.2) is 15.2 Å². The van der Waals surface area contributed by atoms with Gasteiger partial charge in [0.25, 0.3) is 0 Å². The highest BCUT2D eigenvalue weighted by Crippen LogP contribution is 2.32. The number of nitrogens with zero attached hydrogens (tertiary/aromatic N) is 2. The molecule has 4 nitrogen and oxygen atoms in total. The molecule has 0 radical (unpaired) electrons. The van der Waals surface area contributed by atoms with Gasteiger partial charge in [0.05, 0.1) is 6.42 Å². The van der Waals surface area contributed by atoms with Crippen LogP contribution in [-0.2, 0) is 6.42 Å². The summed E-state index contributed by atoms with van der Waals surface area (Å²) >= 11 is 0. The molecule has 1 aromatic heterocycles. The summed E-state index contributed by atoms with van der Waals surface area (Å²) in [4.78, 5) is 4.44. The number of phenols is 1. The Balaban J connectivity index is 1.75. The van der Waals surface area contributed by atoms with Crippen LogP contribution < -0.4 is 0 Å². The van der Waals surface area contributed by atoms with Gasteiger partial charge in [-0.2, -0.15) is 4.98 Å². The second-order valence-electron chi connectivity index (χ2n) is 4.83. The third-order valence-corrected chi connectivity index (χ3v) is 3.54. The molecule has 2 aromatic rings. The number of hydrogen-bond donors (Lipinski definition) is 1. The summed E-state index contributed by atoms with van der Waals surface area (Å²) in [5, 5.41) is 13.8. The summed E-state index contributed by atoms with van der Waals surface area (Å²) in [7, 11) is 0. The van der Waals surface area contributed by atoms with E-state index in [4.69, 9.17) is 4.52 Å². The molecule has 3 rings (SSSR count). The molecule has 1 saturated carbocycles. The Morgan fingerprint density at radius 2 is 2.00 bits per heavy atom. The molecule has 0 atom stereocenters. The van der Waals surface area contributed by atoms with E-state index < -0.39 is 0 Å². The van der Waals surface area contributed by atoms with Crippen LogP contribution in [0.1, 0.15) is 48.9 Å². The smallest absolute Gasteiger partial charge is 0.231 e. The van der Waals surface area contributed by atoms with E-state index in [-0.39, 0.29) is 5.75 Å². The second kappa shape index (κ2) is 4.80. The van der Waals surface area contributed by atoms with Gasteiger partial charge >= 0.3 is 0 Å². The van der Waals surface area contributed by atoms with Crippen molar-refractivity contribution in [2.75, 3.05) is 0 Å². The fourth-order valence-corrected chi connectivity index (χ4v) is 2.51. The number of aromatic nitrogens is 2. The van der Waals surface area contributed by atoms with Gasteiger partial charge in [-0.1, -0.05) is 36.2 Å². The number of hydrogen-bond acceptors (Lipinski definition) is 4. The highest BCUT2D eigenvalue weighted by molar-refractivity contribution is 5.33. The van der Waals surface area contributed by atoms with E-state index in [9.17, 15) is 5.11 Å². The third kappa shape index (κ3) is 2.23. The van der Waals surface area contributed by atoms with Crippen LogP contribution in [0.3, 0.4) is 0 Å². The van der Waals surface area contributed by atoms with Crippen molar-refractivity contribution in [2.45, 2.75) is 38.0 Å². The van der Waals surface area contributed by atoms with Crippen LogP contribution >= 0.6 is 0 Å². The van der Waals surface area contributed by atoms with Crippen molar-refractivity contribution in [3.05, 3.63) is 41.5 Å². The summed E-state index contributed by atoms with van der Waals surface area (Å²) < 4.78 is 5.26. The highest BCUT2D eigenvalue weighted by Gasteiger charge is 2.22. The fraction of sp³-hybridized carbons (Fsp3) is 0.429. The molecule has 94 valence electrons. The Morgan fingerprint density at radius 1 is 1.22 bits per heavy atom. The van der Waals surface area contributed by atoms with Crippen molar-refractivity contribution in [2.24, 2.45) is 0 Å². The van der Waals surface area contributed by atoms with E-state index in [1.165, 1.54) is 12.8 Å². The van der Waals surface area contributed by atoms with E-state index in [0.717, 1.165) is 24.2 Å². The van der Waals surface area contributed by atoms with Crippen molar-refractivity contribution in [1.82, 2.24) is 10.1 Å². The van der Waals surface area contributed by atoms with Crippen molar-refractivity contribution >= 4 is 0 Å². The van der Waals surface area contributed by atoms with Gasteiger partial charge in [-0.25, -0.2) is 0 Å². The topological polar surface area (TPSA) is 59.2 Å². The number of phenolic OH excluding ortho intramolecular Hbond substituents is 1. The normalized spacial score (nSPS) is 16.2. The number of rotatable bonds is 3. The van der Waals surface area contributed by atoms with Crippen molar-refractivity contribution < 1.29 is 9.63 Å². The van der Waals surface area contributed by atoms with E-state index in [0.29, 0.717) is 18.2 Å². The average Bonchev–Trinajstić information content (AvgIpc) is 3.02. The number of benzene rings is 1. The summed E-state index contributed by atoms with van der Waals surface area (Å²) in [6, 6.07) is 7.23. The minimum absolute atomic E-state index is 0.276. The lowest BCUT2D eigenvalue weighted by Crippen LogP contribution is -1.95. The maximum absolute atomic E-state index is 9.70. The molecule has 0 aliphatic heterocycles. The molecular weight excluding hydrogens is 228 g/mol. The van der Waals surface area contributed by atoms with Crippen LogP contribution in [0, 0.1) is 0 Å². The Bertz CT molecular complexity index is 530. The van der Waals surface area contributed by atoms with Crippen LogP contribution in [0.4, 0.5) is 0 Å².